The Hall–Kier alpha value is -1.67. The molecule has 21 heavy (non-hydrogen) atoms. The first kappa shape index (κ1) is 14.3. The molecule has 2 nitrogen and oxygen atoms in total. The van der Waals surface area contributed by atoms with E-state index in [1.165, 1.54) is 47.9 Å². The molecule has 0 amide bonds. The molecule has 3 rings (SSSR count). The number of fused-ring (bicyclic) bond motifs is 1. The molecular formula is C19H23N2. The molecule has 0 bridgehead atoms. The van der Waals surface area contributed by atoms with Gasteiger partial charge in [-0.15, -0.1) is 0 Å². The number of rotatable bonds is 4. The smallest absolute Gasteiger partial charge is 0.0447 e. The zero-order valence-corrected chi connectivity index (χ0v) is 12.7. The van der Waals surface area contributed by atoms with Gasteiger partial charge in [-0.3, -0.25) is 4.98 Å². The first-order valence-electron chi connectivity index (χ1n) is 7.90. The van der Waals surface area contributed by atoms with Crippen LogP contribution in [0.5, 0.6) is 0 Å². The van der Waals surface area contributed by atoms with Gasteiger partial charge < -0.3 is 5.73 Å². The molecule has 1 radical (unpaired) electrons. The molecule has 2 heteroatoms. The third-order valence-electron chi connectivity index (χ3n) is 4.19. The fourth-order valence-corrected chi connectivity index (χ4v) is 3.09. The van der Waals surface area contributed by atoms with Gasteiger partial charge in [0.15, 0.2) is 0 Å². The Balaban J connectivity index is 1.92. The van der Waals surface area contributed by atoms with Crippen LogP contribution in [0.2, 0.25) is 0 Å². The number of nitrogens with zero attached hydrogens (tertiary/aromatic N) is 1. The summed E-state index contributed by atoms with van der Waals surface area (Å²) in [5, 5.41) is 0. The Bertz CT molecular complexity index is 617. The third kappa shape index (κ3) is 3.33. The van der Waals surface area contributed by atoms with Gasteiger partial charge >= 0.3 is 0 Å². The van der Waals surface area contributed by atoms with Gasteiger partial charge in [0.05, 0.1) is 0 Å². The van der Waals surface area contributed by atoms with Crippen LogP contribution < -0.4 is 5.73 Å². The van der Waals surface area contributed by atoms with Crippen molar-refractivity contribution in [1.29, 1.82) is 0 Å². The predicted octanol–water partition coefficient (Wildman–Crippen LogP) is 3.92. The van der Waals surface area contributed by atoms with E-state index in [0.29, 0.717) is 0 Å². The zero-order valence-electron chi connectivity index (χ0n) is 12.7. The number of hydrogen-bond donors (Lipinski definition) is 1. The molecule has 2 N–H and O–H groups in total. The van der Waals surface area contributed by atoms with Crippen LogP contribution in [-0.2, 0) is 12.8 Å². The Morgan fingerprint density at radius 2 is 2.10 bits per heavy atom. The van der Waals surface area contributed by atoms with Crippen molar-refractivity contribution in [3.63, 3.8) is 0 Å². The van der Waals surface area contributed by atoms with Crippen molar-refractivity contribution in [2.45, 2.75) is 45.1 Å². The van der Waals surface area contributed by atoms with Gasteiger partial charge in [-0.05, 0) is 73.4 Å². The van der Waals surface area contributed by atoms with Crippen molar-refractivity contribution < 1.29 is 0 Å². The molecule has 0 saturated carbocycles. The lowest BCUT2D eigenvalue weighted by atomic mass is 9.86. The maximum Gasteiger partial charge on any atom is 0.0447 e. The Kier molecular flexibility index (Phi) is 4.35. The van der Waals surface area contributed by atoms with Crippen LogP contribution in [0.25, 0.3) is 11.1 Å². The molecule has 1 aliphatic rings. The largest absolute Gasteiger partial charge is 0.328 e. The summed E-state index contributed by atoms with van der Waals surface area (Å²) in [6.45, 7) is 2.02. The lowest BCUT2D eigenvalue weighted by molar-refractivity contribution is 0.687. The summed E-state index contributed by atoms with van der Waals surface area (Å²) in [7, 11) is 0. The maximum atomic E-state index is 5.82. The fourth-order valence-electron chi connectivity index (χ4n) is 3.09. The first-order valence-corrected chi connectivity index (χ1v) is 7.90. The van der Waals surface area contributed by atoms with E-state index in [1.54, 1.807) is 0 Å². The average Bonchev–Trinajstić information content (AvgIpc) is 2.52. The van der Waals surface area contributed by atoms with Gasteiger partial charge in [-0.2, -0.15) is 0 Å². The van der Waals surface area contributed by atoms with Crippen LogP contribution in [0.4, 0.5) is 0 Å². The summed E-state index contributed by atoms with van der Waals surface area (Å²) in [6.07, 6.45) is 9.95. The number of nitrogens with two attached hydrogens (primary N) is 1. The van der Waals surface area contributed by atoms with Crippen LogP contribution in [0.3, 0.4) is 0 Å². The van der Waals surface area contributed by atoms with Crippen molar-refractivity contribution in [3.05, 3.63) is 59.8 Å². The van der Waals surface area contributed by atoms with Crippen LogP contribution in [0.1, 0.15) is 43.0 Å². The van der Waals surface area contributed by atoms with E-state index in [0.717, 1.165) is 12.1 Å². The summed E-state index contributed by atoms with van der Waals surface area (Å²) in [5.74, 6) is 0. The topological polar surface area (TPSA) is 38.9 Å². The summed E-state index contributed by atoms with van der Waals surface area (Å²) in [5.41, 5.74) is 12.6. The second kappa shape index (κ2) is 6.40. The van der Waals surface area contributed by atoms with Gasteiger partial charge in [-0.25, -0.2) is 0 Å². The van der Waals surface area contributed by atoms with Gasteiger partial charge in [0.1, 0.15) is 0 Å². The molecule has 0 unspecified atom stereocenters. The standard InChI is InChI=1S/C19H23N2/c1-14(20)9-10-17-13-16(11-12-21-17)19-8-4-6-15-5-2-3-7-18(15)19/h4,6,8,10-14H,2-3,5,7,9,20H2,1H3/t14-/m0/s1. The Morgan fingerprint density at radius 3 is 2.95 bits per heavy atom. The van der Waals surface area contributed by atoms with Gasteiger partial charge in [-0.1, -0.05) is 18.2 Å². The highest BCUT2D eigenvalue weighted by atomic mass is 14.7. The zero-order chi connectivity index (χ0) is 14.7. The molecule has 0 aliphatic heterocycles. The quantitative estimate of drug-likeness (QED) is 0.921. The summed E-state index contributed by atoms with van der Waals surface area (Å²) < 4.78 is 0. The lowest BCUT2D eigenvalue weighted by Crippen LogP contribution is -2.14. The normalized spacial score (nSPS) is 15.5. The number of aromatic nitrogens is 1. The minimum absolute atomic E-state index is 0.181. The highest BCUT2D eigenvalue weighted by molar-refractivity contribution is 5.69. The van der Waals surface area contributed by atoms with E-state index < -0.39 is 0 Å². The highest BCUT2D eigenvalue weighted by Crippen LogP contribution is 2.31. The van der Waals surface area contributed by atoms with Crippen molar-refractivity contribution >= 4 is 0 Å². The molecular weight excluding hydrogens is 256 g/mol. The van der Waals surface area contributed by atoms with E-state index in [-0.39, 0.29) is 6.04 Å². The second-order valence-corrected chi connectivity index (χ2v) is 6.04. The number of benzene rings is 1. The lowest BCUT2D eigenvalue weighted by Gasteiger charge is -2.19. The maximum absolute atomic E-state index is 5.82. The van der Waals surface area contributed by atoms with Crippen LogP contribution in [0.15, 0.2) is 36.5 Å². The molecule has 0 spiro atoms. The molecule has 1 atom stereocenters. The van der Waals surface area contributed by atoms with Crippen molar-refractivity contribution in [2.75, 3.05) is 0 Å². The minimum atomic E-state index is 0.181. The summed E-state index contributed by atoms with van der Waals surface area (Å²) in [4.78, 5) is 4.44. The number of hydrogen-bond acceptors (Lipinski definition) is 2. The van der Waals surface area contributed by atoms with E-state index in [1.807, 2.05) is 13.1 Å². The van der Waals surface area contributed by atoms with Crippen molar-refractivity contribution in [2.24, 2.45) is 5.73 Å². The third-order valence-corrected chi connectivity index (χ3v) is 4.19. The van der Waals surface area contributed by atoms with E-state index in [4.69, 9.17) is 5.73 Å². The second-order valence-electron chi connectivity index (χ2n) is 6.04. The molecule has 1 aliphatic carbocycles. The van der Waals surface area contributed by atoms with Crippen LogP contribution >= 0.6 is 0 Å². The minimum Gasteiger partial charge on any atom is -0.328 e. The first-order chi connectivity index (χ1) is 10.2. The van der Waals surface area contributed by atoms with E-state index in [9.17, 15) is 0 Å². The molecule has 1 aromatic carbocycles. The molecule has 0 fully saturated rings. The molecule has 1 aromatic heterocycles. The fraction of sp³-hybridized carbons (Fsp3) is 0.368. The molecule has 1 heterocycles. The summed E-state index contributed by atoms with van der Waals surface area (Å²) >= 11 is 0. The van der Waals surface area contributed by atoms with Crippen molar-refractivity contribution in [3.8, 4) is 11.1 Å². The highest BCUT2D eigenvalue weighted by Gasteiger charge is 2.14. The predicted molar refractivity (Wildman–Crippen MR) is 88.0 cm³/mol. The van der Waals surface area contributed by atoms with Crippen LogP contribution in [-0.4, -0.2) is 11.0 Å². The van der Waals surface area contributed by atoms with Gasteiger partial charge in [0.25, 0.3) is 0 Å². The number of pyridine rings is 1. The van der Waals surface area contributed by atoms with E-state index in [2.05, 4.69) is 41.7 Å². The Labute approximate surface area is 127 Å². The van der Waals surface area contributed by atoms with Crippen LogP contribution in [0, 0.1) is 6.42 Å². The van der Waals surface area contributed by atoms with Crippen molar-refractivity contribution in [1.82, 2.24) is 4.98 Å². The molecule has 109 valence electrons. The van der Waals surface area contributed by atoms with Gasteiger partial charge in [0, 0.05) is 24.4 Å². The summed E-state index contributed by atoms with van der Waals surface area (Å²) in [6, 6.07) is 11.2. The van der Waals surface area contributed by atoms with Gasteiger partial charge in [0.2, 0.25) is 0 Å². The SMILES string of the molecule is C[C@H](N)C[CH]c1cc(-c2cccc3c2CCCC3)ccn1. The molecule has 2 aromatic rings. The number of aryl methyl sites for hydroxylation is 1. The average molecular weight is 279 g/mol. The van der Waals surface area contributed by atoms with E-state index >= 15 is 0 Å². The monoisotopic (exact) mass is 279 g/mol. The Morgan fingerprint density at radius 1 is 1.24 bits per heavy atom. The molecule has 0 saturated heterocycles.